The second-order valence-electron chi connectivity index (χ2n) is 6.98. The number of hydrogen-bond donors (Lipinski definition) is 1. The number of hydrogen-bond acceptors (Lipinski definition) is 2. The van der Waals surface area contributed by atoms with Gasteiger partial charge in [0.2, 0.25) is 0 Å². The van der Waals surface area contributed by atoms with Crippen LogP contribution in [0.5, 0.6) is 5.75 Å². The summed E-state index contributed by atoms with van der Waals surface area (Å²) in [5, 5.41) is 8.62. The Labute approximate surface area is 119 Å². The minimum absolute atomic E-state index is 0.0412. The first-order valence-corrected chi connectivity index (χ1v) is 6.61. The Balaban J connectivity index is 3.28. The maximum Gasteiger partial charge on any atom is 0.378 e. The lowest BCUT2D eigenvalue weighted by Gasteiger charge is -2.27. The van der Waals surface area contributed by atoms with E-state index in [1.54, 1.807) is 6.07 Å². The minimum atomic E-state index is -2.35. The molecule has 0 fully saturated rings. The maximum atomic E-state index is 13.3. The van der Waals surface area contributed by atoms with Crippen molar-refractivity contribution in [3.05, 3.63) is 29.3 Å². The van der Waals surface area contributed by atoms with Crippen molar-refractivity contribution >= 4 is 5.97 Å². The monoisotopic (exact) mass is 282 g/mol. The quantitative estimate of drug-likeness (QED) is 0.910. The summed E-state index contributed by atoms with van der Waals surface area (Å²) < 4.78 is 18.2. The number of benzene rings is 1. The molecule has 0 aromatic heterocycles. The van der Waals surface area contributed by atoms with Gasteiger partial charge in [-0.15, -0.1) is 0 Å². The van der Waals surface area contributed by atoms with Crippen LogP contribution in [0.2, 0.25) is 0 Å². The van der Waals surface area contributed by atoms with Crippen molar-refractivity contribution in [1.82, 2.24) is 0 Å². The highest BCUT2D eigenvalue weighted by Gasteiger charge is 2.26. The van der Waals surface area contributed by atoms with Gasteiger partial charge in [-0.05, 0) is 28.0 Å². The molecule has 0 aliphatic carbocycles. The van der Waals surface area contributed by atoms with Gasteiger partial charge in [0.25, 0.3) is 0 Å². The van der Waals surface area contributed by atoms with Gasteiger partial charge in [-0.3, -0.25) is 0 Å². The third-order valence-corrected chi connectivity index (χ3v) is 3.08. The van der Waals surface area contributed by atoms with Gasteiger partial charge < -0.3 is 9.84 Å². The van der Waals surface area contributed by atoms with Gasteiger partial charge in [-0.1, -0.05) is 53.7 Å². The molecule has 0 saturated heterocycles. The molecule has 3 nitrogen and oxygen atoms in total. The Hall–Kier alpha value is -1.58. The van der Waals surface area contributed by atoms with E-state index in [4.69, 9.17) is 9.84 Å². The SMILES string of the molecule is CC(C)(C)c1ccc(OC(F)C(=O)O)c(C(C)(C)C)c1. The van der Waals surface area contributed by atoms with Crippen molar-refractivity contribution in [2.45, 2.75) is 58.7 Å². The Morgan fingerprint density at radius 1 is 1.15 bits per heavy atom. The van der Waals surface area contributed by atoms with E-state index in [1.807, 2.05) is 32.9 Å². The first-order chi connectivity index (χ1) is 8.93. The largest absolute Gasteiger partial charge is 0.476 e. The van der Waals surface area contributed by atoms with Crippen LogP contribution in [0.3, 0.4) is 0 Å². The number of aliphatic carboxylic acids is 1. The summed E-state index contributed by atoms with van der Waals surface area (Å²) in [6.45, 7) is 12.2. The standard InChI is InChI=1S/C16H23FO3/c1-15(2,3)10-7-8-12(20-13(17)14(18)19)11(9-10)16(4,5)6/h7-9,13H,1-6H3,(H,18,19). The van der Waals surface area contributed by atoms with Gasteiger partial charge in [-0.2, -0.15) is 4.39 Å². The van der Waals surface area contributed by atoms with Crippen molar-refractivity contribution in [3.8, 4) is 5.75 Å². The van der Waals surface area contributed by atoms with E-state index >= 15 is 0 Å². The lowest BCUT2D eigenvalue weighted by molar-refractivity contribution is -0.153. The van der Waals surface area contributed by atoms with Gasteiger partial charge in [0.15, 0.2) is 0 Å². The van der Waals surface area contributed by atoms with Crippen LogP contribution in [0.25, 0.3) is 0 Å². The molecule has 0 spiro atoms. The first-order valence-electron chi connectivity index (χ1n) is 6.61. The molecule has 0 aliphatic rings. The molecule has 0 bridgehead atoms. The van der Waals surface area contributed by atoms with Crippen LogP contribution in [0, 0.1) is 0 Å². The molecule has 0 aliphatic heterocycles. The van der Waals surface area contributed by atoms with E-state index in [-0.39, 0.29) is 16.6 Å². The number of halogens is 1. The molecule has 1 rings (SSSR count). The highest BCUT2D eigenvalue weighted by Crippen LogP contribution is 2.35. The fourth-order valence-electron chi connectivity index (χ4n) is 1.85. The topological polar surface area (TPSA) is 46.5 Å². The van der Waals surface area contributed by atoms with Crippen LogP contribution in [-0.4, -0.2) is 17.4 Å². The molecule has 0 radical (unpaired) electrons. The molecule has 1 atom stereocenters. The molecule has 112 valence electrons. The van der Waals surface area contributed by atoms with Crippen molar-refractivity contribution in [3.63, 3.8) is 0 Å². The molecule has 1 aromatic rings. The smallest absolute Gasteiger partial charge is 0.378 e. The van der Waals surface area contributed by atoms with Crippen LogP contribution in [0.15, 0.2) is 18.2 Å². The van der Waals surface area contributed by atoms with Crippen LogP contribution in [-0.2, 0) is 15.6 Å². The molecule has 1 unspecified atom stereocenters. The molecule has 20 heavy (non-hydrogen) atoms. The van der Waals surface area contributed by atoms with E-state index < -0.39 is 12.3 Å². The number of carboxylic acids is 1. The summed E-state index contributed by atoms with van der Waals surface area (Å²) in [6, 6.07) is 5.46. The number of rotatable bonds is 3. The predicted octanol–water partition coefficient (Wildman–Crippen LogP) is 4.04. The third-order valence-electron chi connectivity index (χ3n) is 3.08. The second kappa shape index (κ2) is 5.43. The Kier molecular flexibility index (Phi) is 4.47. The third kappa shape index (κ3) is 3.95. The number of alkyl halides is 1. The summed E-state index contributed by atoms with van der Waals surface area (Å²) >= 11 is 0. The van der Waals surface area contributed by atoms with E-state index in [2.05, 4.69) is 20.8 Å². The van der Waals surface area contributed by atoms with Crippen LogP contribution in [0.1, 0.15) is 52.7 Å². The minimum Gasteiger partial charge on any atom is -0.476 e. The molecule has 0 saturated carbocycles. The normalized spacial score (nSPS) is 13.9. The fraction of sp³-hybridized carbons (Fsp3) is 0.562. The molecule has 1 aromatic carbocycles. The highest BCUT2D eigenvalue weighted by atomic mass is 19.1. The fourth-order valence-corrected chi connectivity index (χ4v) is 1.85. The second-order valence-corrected chi connectivity index (χ2v) is 6.98. The van der Waals surface area contributed by atoms with Gasteiger partial charge in [-0.25, -0.2) is 4.79 Å². The van der Waals surface area contributed by atoms with Crippen LogP contribution in [0.4, 0.5) is 4.39 Å². The lowest BCUT2D eigenvalue weighted by Crippen LogP contribution is -2.24. The summed E-state index contributed by atoms with van der Waals surface area (Å²) in [7, 11) is 0. The van der Waals surface area contributed by atoms with E-state index in [9.17, 15) is 9.18 Å². The Morgan fingerprint density at radius 2 is 1.70 bits per heavy atom. The predicted molar refractivity (Wildman–Crippen MR) is 77.0 cm³/mol. The summed E-state index contributed by atoms with van der Waals surface area (Å²) in [6.07, 6.45) is -2.35. The van der Waals surface area contributed by atoms with E-state index in [0.29, 0.717) is 0 Å². The van der Waals surface area contributed by atoms with Crippen molar-refractivity contribution in [1.29, 1.82) is 0 Å². The number of carbonyl (C=O) groups is 1. The Bertz CT molecular complexity index is 495. The van der Waals surface area contributed by atoms with Crippen LogP contribution < -0.4 is 4.74 Å². The molecule has 1 N–H and O–H groups in total. The molecule has 0 heterocycles. The summed E-state index contributed by atoms with van der Waals surface area (Å²) in [4.78, 5) is 10.6. The van der Waals surface area contributed by atoms with Gasteiger partial charge in [0, 0.05) is 0 Å². The zero-order valence-corrected chi connectivity index (χ0v) is 13.0. The van der Waals surface area contributed by atoms with Gasteiger partial charge in [0.1, 0.15) is 5.75 Å². The number of ether oxygens (including phenoxy) is 1. The van der Waals surface area contributed by atoms with E-state index in [1.165, 1.54) is 0 Å². The first kappa shape index (κ1) is 16.5. The zero-order valence-electron chi connectivity index (χ0n) is 13.0. The summed E-state index contributed by atoms with van der Waals surface area (Å²) in [5.41, 5.74) is 1.59. The molecular weight excluding hydrogens is 259 g/mol. The number of carboxylic acid groups (broad SMARTS) is 1. The maximum absolute atomic E-state index is 13.3. The van der Waals surface area contributed by atoms with Gasteiger partial charge in [0.05, 0.1) is 0 Å². The zero-order chi connectivity index (χ0) is 15.7. The van der Waals surface area contributed by atoms with Crippen molar-refractivity contribution < 1.29 is 19.0 Å². The van der Waals surface area contributed by atoms with Crippen molar-refractivity contribution in [2.24, 2.45) is 0 Å². The lowest BCUT2D eigenvalue weighted by atomic mass is 9.80. The van der Waals surface area contributed by atoms with E-state index in [0.717, 1.165) is 11.1 Å². The average Bonchev–Trinajstić information content (AvgIpc) is 2.26. The average molecular weight is 282 g/mol. The molecule has 4 heteroatoms. The van der Waals surface area contributed by atoms with Crippen molar-refractivity contribution in [2.75, 3.05) is 0 Å². The Morgan fingerprint density at radius 3 is 2.10 bits per heavy atom. The summed E-state index contributed by atoms with van der Waals surface area (Å²) in [5.74, 6) is -1.34. The molecule has 0 amide bonds. The van der Waals surface area contributed by atoms with Crippen LogP contribution >= 0.6 is 0 Å². The van der Waals surface area contributed by atoms with Gasteiger partial charge >= 0.3 is 12.3 Å². The molecular formula is C16H23FO3. The highest BCUT2D eigenvalue weighted by molar-refractivity contribution is 5.71.